The minimum absolute atomic E-state index is 0.0309. The maximum absolute atomic E-state index is 14.3. The SMILES string of the molecule is CNC(=O)c1ccc(Cc2cc3c(cc2C)CCN(CC2CCCO2)C3=O)cc1F. The zero-order valence-electron chi connectivity index (χ0n) is 17.5. The number of benzene rings is 2. The van der Waals surface area contributed by atoms with Gasteiger partial charge in [-0.2, -0.15) is 0 Å². The highest BCUT2D eigenvalue weighted by Crippen LogP contribution is 2.26. The Morgan fingerprint density at radius 3 is 2.83 bits per heavy atom. The molecule has 0 spiro atoms. The van der Waals surface area contributed by atoms with Crippen molar-refractivity contribution >= 4 is 11.8 Å². The molecule has 1 saturated heterocycles. The normalized spacial score (nSPS) is 18.4. The minimum Gasteiger partial charge on any atom is -0.376 e. The van der Waals surface area contributed by atoms with Crippen molar-refractivity contribution in [2.24, 2.45) is 0 Å². The molecule has 1 N–H and O–H groups in total. The van der Waals surface area contributed by atoms with Crippen LogP contribution in [-0.2, 0) is 17.6 Å². The molecule has 0 aliphatic carbocycles. The standard InChI is InChI=1S/C24H27FN2O3/c1-15-10-17-7-8-27(14-19-4-3-9-30-19)24(29)21(17)13-18(15)11-16-5-6-20(22(25)12-16)23(28)26-2/h5-6,10,12-13,19H,3-4,7-9,11,14H2,1-2H3,(H,26,28). The van der Waals surface area contributed by atoms with Gasteiger partial charge < -0.3 is 15.0 Å². The largest absolute Gasteiger partial charge is 0.376 e. The third-order valence-electron chi connectivity index (χ3n) is 6.08. The summed E-state index contributed by atoms with van der Waals surface area (Å²) in [5.74, 6) is -0.934. The van der Waals surface area contributed by atoms with Crippen LogP contribution in [0.25, 0.3) is 0 Å². The van der Waals surface area contributed by atoms with Gasteiger partial charge in [-0.1, -0.05) is 12.1 Å². The zero-order valence-corrected chi connectivity index (χ0v) is 17.5. The van der Waals surface area contributed by atoms with Gasteiger partial charge in [0, 0.05) is 32.3 Å². The molecule has 6 heteroatoms. The van der Waals surface area contributed by atoms with Crippen LogP contribution in [0.1, 0.15) is 55.8 Å². The molecule has 2 aliphatic rings. The second-order valence-electron chi connectivity index (χ2n) is 8.14. The average molecular weight is 410 g/mol. The minimum atomic E-state index is -0.540. The Morgan fingerprint density at radius 2 is 2.13 bits per heavy atom. The summed E-state index contributed by atoms with van der Waals surface area (Å²) in [5, 5.41) is 2.44. The van der Waals surface area contributed by atoms with Crippen molar-refractivity contribution in [2.75, 3.05) is 26.7 Å². The first-order chi connectivity index (χ1) is 14.5. The Morgan fingerprint density at radius 1 is 1.30 bits per heavy atom. The van der Waals surface area contributed by atoms with Gasteiger partial charge in [-0.15, -0.1) is 0 Å². The first-order valence-corrected chi connectivity index (χ1v) is 10.5. The number of rotatable bonds is 5. The second-order valence-corrected chi connectivity index (χ2v) is 8.14. The highest BCUT2D eigenvalue weighted by molar-refractivity contribution is 5.97. The van der Waals surface area contributed by atoms with Crippen LogP contribution in [0.5, 0.6) is 0 Å². The number of hydrogen-bond acceptors (Lipinski definition) is 3. The topological polar surface area (TPSA) is 58.6 Å². The Labute approximate surface area is 176 Å². The van der Waals surface area contributed by atoms with E-state index in [1.54, 1.807) is 6.07 Å². The summed E-state index contributed by atoms with van der Waals surface area (Å²) in [6.45, 7) is 4.17. The summed E-state index contributed by atoms with van der Waals surface area (Å²) < 4.78 is 20.0. The van der Waals surface area contributed by atoms with Gasteiger partial charge in [0.1, 0.15) is 5.82 Å². The van der Waals surface area contributed by atoms with Crippen molar-refractivity contribution in [1.82, 2.24) is 10.2 Å². The number of halogens is 1. The van der Waals surface area contributed by atoms with E-state index in [2.05, 4.69) is 11.4 Å². The second kappa shape index (κ2) is 8.56. The fourth-order valence-electron chi connectivity index (χ4n) is 4.35. The van der Waals surface area contributed by atoms with Gasteiger partial charge in [0.25, 0.3) is 11.8 Å². The van der Waals surface area contributed by atoms with E-state index in [0.717, 1.165) is 60.2 Å². The van der Waals surface area contributed by atoms with Crippen molar-refractivity contribution in [3.05, 3.63) is 69.5 Å². The van der Waals surface area contributed by atoms with Gasteiger partial charge in [-0.25, -0.2) is 4.39 Å². The Bertz CT molecular complexity index is 983. The lowest BCUT2D eigenvalue weighted by Gasteiger charge is -2.31. The highest BCUT2D eigenvalue weighted by Gasteiger charge is 2.28. The fraction of sp³-hybridized carbons (Fsp3) is 0.417. The molecule has 158 valence electrons. The quantitative estimate of drug-likeness (QED) is 0.823. The summed E-state index contributed by atoms with van der Waals surface area (Å²) >= 11 is 0. The maximum Gasteiger partial charge on any atom is 0.254 e. The van der Waals surface area contributed by atoms with E-state index >= 15 is 0 Å². The van der Waals surface area contributed by atoms with Crippen molar-refractivity contribution in [3.8, 4) is 0 Å². The lowest BCUT2D eigenvalue weighted by molar-refractivity contribution is 0.0510. The molecule has 0 radical (unpaired) electrons. The van der Waals surface area contributed by atoms with Crippen molar-refractivity contribution in [3.63, 3.8) is 0 Å². The highest BCUT2D eigenvalue weighted by atomic mass is 19.1. The molecular weight excluding hydrogens is 383 g/mol. The lowest BCUT2D eigenvalue weighted by Crippen LogP contribution is -2.42. The number of nitrogens with one attached hydrogen (secondary N) is 1. The smallest absolute Gasteiger partial charge is 0.254 e. The zero-order chi connectivity index (χ0) is 21.3. The Kier molecular flexibility index (Phi) is 5.86. The summed E-state index contributed by atoms with van der Waals surface area (Å²) in [4.78, 5) is 26.7. The van der Waals surface area contributed by atoms with Crippen LogP contribution in [0.15, 0.2) is 30.3 Å². The number of amides is 2. The maximum atomic E-state index is 14.3. The molecule has 5 nitrogen and oxygen atoms in total. The fourth-order valence-corrected chi connectivity index (χ4v) is 4.35. The monoisotopic (exact) mass is 410 g/mol. The first-order valence-electron chi connectivity index (χ1n) is 10.5. The Balaban J connectivity index is 1.56. The molecule has 0 saturated carbocycles. The molecular formula is C24H27FN2O3. The van der Waals surface area contributed by atoms with Gasteiger partial charge in [-0.3, -0.25) is 9.59 Å². The van der Waals surface area contributed by atoms with E-state index in [-0.39, 0.29) is 17.6 Å². The molecule has 30 heavy (non-hydrogen) atoms. The van der Waals surface area contributed by atoms with Crippen molar-refractivity contribution < 1.29 is 18.7 Å². The van der Waals surface area contributed by atoms with E-state index in [0.29, 0.717) is 13.0 Å². The van der Waals surface area contributed by atoms with Gasteiger partial charge in [0.2, 0.25) is 0 Å². The van der Waals surface area contributed by atoms with Crippen LogP contribution in [0.2, 0.25) is 0 Å². The van der Waals surface area contributed by atoms with Crippen LogP contribution in [-0.4, -0.2) is 49.6 Å². The molecule has 2 heterocycles. The van der Waals surface area contributed by atoms with Crippen LogP contribution >= 0.6 is 0 Å². The first kappa shape index (κ1) is 20.5. The third kappa shape index (κ3) is 4.10. The molecule has 1 atom stereocenters. The number of ether oxygens (including phenoxy) is 1. The number of nitrogens with zero attached hydrogens (tertiary/aromatic N) is 1. The van der Waals surface area contributed by atoms with Crippen LogP contribution in [0.4, 0.5) is 4.39 Å². The van der Waals surface area contributed by atoms with E-state index in [9.17, 15) is 14.0 Å². The van der Waals surface area contributed by atoms with Gasteiger partial charge >= 0.3 is 0 Å². The molecule has 2 aliphatic heterocycles. The predicted molar refractivity (Wildman–Crippen MR) is 112 cm³/mol. The lowest BCUT2D eigenvalue weighted by atomic mass is 9.90. The van der Waals surface area contributed by atoms with Crippen LogP contribution in [0.3, 0.4) is 0 Å². The molecule has 1 unspecified atom stereocenters. The molecule has 0 bridgehead atoms. The van der Waals surface area contributed by atoms with Gasteiger partial charge in [0.05, 0.1) is 11.7 Å². The summed E-state index contributed by atoms with van der Waals surface area (Å²) in [5.41, 5.74) is 4.69. The Hall–Kier alpha value is -2.73. The number of carbonyl (C=O) groups is 2. The predicted octanol–water partition coefficient (Wildman–Crippen LogP) is 3.26. The molecule has 1 fully saturated rings. The summed E-state index contributed by atoms with van der Waals surface area (Å²) in [6.07, 6.45) is 3.55. The number of carbonyl (C=O) groups excluding carboxylic acids is 2. The number of hydrogen-bond donors (Lipinski definition) is 1. The molecule has 2 aromatic carbocycles. The van der Waals surface area contributed by atoms with E-state index < -0.39 is 11.7 Å². The van der Waals surface area contributed by atoms with Gasteiger partial charge in [-0.05, 0) is 73.1 Å². The third-order valence-corrected chi connectivity index (χ3v) is 6.08. The van der Waals surface area contributed by atoms with Crippen molar-refractivity contribution in [1.29, 1.82) is 0 Å². The van der Waals surface area contributed by atoms with Gasteiger partial charge in [0.15, 0.2) is 0 Å². The summed E-state index contributed by atoms with van der Waals surface area (Å²) in [7, 11) is 1.48. The number of aryl methyl sites for hydroxylation is 1. The van der Waals surface area contributed by atoms with E-state index in [1.165, 1.54) is 19.2 Å². The molecule has 0 aromatic heterocycles. The van der Waals surface area contributed by atoms with Crippen LogP contribution in [0, 0.1) is 12.7 Å². The van der Waals surface area contributed by atoms with Crippen molar-refractivity contribution in [2.45, 2.75) is 38.7 Å². The molecule has 2 aromatic rings. The molecule has 4 rings (SSSR count). The number of fused-ring (bicyclic) bond motifs is 1. The van der Waals surface area contributed by atoms with E-state index in [1.807, 2.05) is 17.9 Å². The summed E-state index contributed by atoms with van der Waals surface area (Å²) in [6, 6.07) is 8.71. The average Bonchev–Trinajstić information content (AvgIpc) is 3.24. The van der Waals surface area contributed by atoms with Crippen LogP contribution < -0.4 is 5.32 Å². The molecule has 2 amide bonds. The van der Waals surface area contributed by atoms with E-state index in [4.69, 9.17) is 4.74 Å².